The Morgan fingerprint density at radius 1 is 1.22 bits per heavy atom. The molecule has 0 bridgehead atoms. The smallest absolute Gasteiger partial charge is 0.269 e. The number of rotatable bonds is 5. The Bertz CT molecular complexity index is 1310. The summed E-state index contributed by atoms with van der Waals surface area (Å²) in [6, 6.07) is 9.86. The summed E-state index contributed by atoms with van der Waals surface area (Å²) in [6.07, 6.45) is 2.81. The Hall–Kier alpha value is -3.72. The number of amides is 1. The number of primary amides is 1. The van der Waals surface area contributed by atoms with Gasteiger partial charge in [0.15, 0.2) is 17.3 Å². The lowest BCUT2D eigenvalue weighted by atomic mass is 10.0. The molecule has 1 atom stereocenters. The molecule has 0 saturated carbocycles. The van der Waals surface area contributed by atoms with Crippen LogP contribution < -0.4 is 10.5 Å². The minimum absolute atomic E-state index is 0.0820. The van der Waals surface area contributed by atoms with E-state index in [1.165, 1.54) is 6.07 Å². The number of benzene rings is 2. The molecule has 0 aliphatic carbocycles. The third kappa shape index (κ3) is 3.50. The maximum Gasteiger partial charge on any atom is 0.269 e. The van der Waals surface area contributed by atoms with Crippen molar-refractivity contribution in [3.63, 3.8) is 0 Å². The number of likely N-dealkylation sites (tertiary alicyclic amines) is 1. The van der Waals surface area contributed by atoms with Crippen LogP contribution in [0, 0.1) is 11.6 Å². The summed E-state index contributed by atoms with van der Waals surface area (Å²) in [5, 5.41) is 4.41. The summed E-state index contributed by atoms with van der Waals surface area (Å²) in [4.78, 5) is 17.8. The Morgan fingerprint density at radius 3 is 2.66 bits per heavy atom. The second-order valence-corrected chi connectivity index (χ2v) is 8.02. The molecule has 1 aliphatic rings. The van der Waals surface area contributed by atoms with Crippen LogP contribution in [0.15, 0.2) is 48.7 Å². The van der Waals surface area contributed by atoms with Crippen molar-refractivity contribution < 1.29 is 18.3 Å². The highest BCUT2D eigenvalue weighted by molar-refractivity contribution is 5.98. The molecule has 2 aromatic carbocycles. The highest BCUT2D eigenvalue weighted by atomic mass is 19.1. The summed E-state index contributed by atoms with van der Waals surface area (Å²) < 4.78 is 34.0. The Balaban J connectivity index is 1.49. The van der Waals surface area contributed by atoms with Gasteiger partial charge in [0, 0.05) is 29.7 Å². The number of nitrogens with one attached hydrogen (secondary N) is 1. The zero-order chi connectivity index (χ0) is 22.4. The van der Waals surface area contributed by atoms with Crippen LogP contribution in [0.3, 0.4) is 0 Å². The van der Waals surface area contributed by atoms with Crippen LogP contribution in [0.2, 0.25) is 0 Å². The van der Waals surface area contributed by atoms with Gasteiger partial charge in [-0.1, -0.05) is 0 Å². The van der Waals surface area contributed by atoms with Crippen LogP contribution in [-0.2, 0) is 0 Å². The summed E-state index contributed by atoms with van der Waals surface area (Å²) in [7, 11) is 2.08. The second kappa shape index (κ2) is 7.76. The normalized spacial score (nSPS) is 16.7. The summed E-state index contributed by atoms with van der Waals surface area (Å²) in [5.41, 5.74) is 9.00. The van der Waals surface area contributed by atoms with Gasteiger partial charge in [-0.2, -0.15) is 5.10 Å². The molecule has 1 amide bonds. The minimum atomic E-state index is -0.791. The van der Waals surface area contributed by atoms with Crippen molar-refractivity contribution in [2.24, 2.45) is 5.73 Å². The lowest BCUT2D eigenvalue weighted by molar-refractivity contribution is 0.0994. The minimum Gasteiger partial charge on any atom is -0.454 e. The number of hydrogen-bond acceptors (Lipinski definition) is 4. The van der Waals surface area contributed by atoms with E-state index in [9.17, 15) is 13.6 Å². The van der Waals surface area contributed by atoms with E-state index in [1.807, 2.05) is 0 Å². The van der Waals surface area contributed by atoms with E-state index in [0.717, 1.165) is 42.9 Å². The van der Waals surface area contributed by atoms with Gasteiger partial charge in [0.1, 0.15) is 17.2 Å². The first-order chi connectivity index (χ1) is 15.4. The molecule has 0 spiro atoms. The monoisotopic (exact) mass is 437 g/mol. The SMILES string of the molecule is CN1CCC(c2cnn3c(C(N)=O)c(-c4ccc(Oc5ccc(F)cc5F)cc4)[nH]c23)C1. The number of fused-ring (bicyclic) bond motifs is 1. The third-order valence-electron chi connectivity index (χ3n) is 5.82. The van der Waals surface area contributed by atoms with E-state index in [4.69, 9.17) is 10.5 Å². The van der Waals surface area contributed by atoms with E-state index < -0.39 is 17.5 Å². The number of ether oxygens (including phenoxy) is 1. The fraction of sp³-hybridized carbons (Fsp3) is 0.217. The van der Waals surface area contributed by atoms with Crippen LogP contribution >= 0.6 is 0 Å². The molecule has 9 heteroatoms. The van der Waals surface area contributed by atoms with Gasteiger partial charge in [0.25, 0.3) is 5.91 Å². The number of likely N-dealkylation sites (N-methyl/N-ethyl adjacent to an activating group) is 1. The average Bonchev–Trinajstić information content (AvgIpc) is 3.45. The van der Waals surface area contributed by atoms with Crippen LogP contribution in [-0.4, -0.2) is 45.5 Å². The van der Waals surface area contributed by atoms with Crippen molar-refractivity contribution in [2.75, 3.05) is 20.1 Å². The largest absolute Gasteiger partial charge is 0.454 e. The molecule has 4 aromatic rings. The number of aromatic amines is 1. The van der Waals surface area contributed by atoms with Gasteiger partial charge in [-0.25, -0.2) is 13.3 Å². The molecule has 2 aromatic heterocycles. The van der Waals surface area contributed by atoms with Gasteiger partial charge in [-0.05, 0) is 56.4 Å². The number of carbonyl (C=O) groups excluding carboxylic acids is 1. The number of aromatic nitrogens is 3. The van der Waals surface area contributed by atoms with Gasteiger partial charge < -0.3 is 20.4 Å². The first-order valence-electron chi connectivity index (χ1n) is 10.2. The fourth-order valence-electron chi connectivity index (χ4n) is 4.24. The van der Waals surface area contributed by atoms with Crippen LogP contribution in [0.5, 0.6) is 11.5 Å². The van der Waals surface area contributed by atoms with E-state index in [1.54, 1.807) is 35.0 Å². The third-order valence-corrected chi connectivity index (χ3v) is 5.82. The number of H-pyrrole nitrogens is 1. The quantitative estimate of drug-likeness (QED) is 0.495. The standard InChI is InChI=1S/C23H21F2N5O2/c1-29-9-8-14(12-29)17-11-27-30-21(22(26)31)20(28-23(17)30)13-2-5-16(6-3-13)32-19-7-4-15(24)10-18(19)25/h2-7,10-11,14,28H,8-9,12H2,1H3,(H2,26,31). The van der Waals surface area contributed by atoms with E-state index in [2.05, 4.69) is 22.0 Å². The number of nitrogens with two attached hydrogens (primary N) is 1. The summed E-state index contributed by atoms with van der Waals surface area (Å²) in [5.74, 6) is -1.46. The molecular formula is C23H21F2N5O2. The van der Waals surface area contributed by atoms with Crippen molar-refractivity contribution in [1.82, 2.24) is 19.5 Å². The molecule has 7 nitrogen and oxygen atoms in total. The van der Waals surface area contributed by atoms with Gasteiger partial charge in [0.05, 0.1) is 11.9 Å². The number of halogens is 2. The van der Waals surface area contributed by atoms with E-state index in [0.29, 0.717) is 22.9 Å². The van der Waals surface area contributed by atoms with Gasteiger partial charge in [-0.15, -0.1) is 0 Å². The molecule has 5 rings (SSSR count). The molecule has 1 unspecified atom stereocenters. The summed E-state index contributed by atoms with van der Waals surface area (Å²) >= 11 is 0. The number of nitrogens with zero attached hydrogens (tertiary/aromatic N) is 3. The molecule has 3 heterocycles. The highest BCUT2D eigenvalue weighted by Gasteiger charge is 2.28. The van der Waals surface area contributed by atoms with Crippen molar-refractivity contribution in [1.29, 1.82) is 0 Å². The second-order valence-electron chi connectivity index (χ2n) is 8.02. The molecule has 32 heavy (non-hydrogen) atoms. The number of hydrogen-bond donors (Lipinski definition) is 2. The molecule has 164 valence electrons. The zero-order valence-electron chi connectivity index (χ0n) is 17.3. The first-order valence-corrected chi connectivity index (χ1v) is 10.2. The van der Waals surface area contributed by atoms with E-state index >= 15 is 0 Å². The van der Waals surface area contributed by atoms with Crippen LogP contribution in [0.1, 0.15) is 28.4 Å². The maximum atomic E-state index is 13.9. The van der Waals surface area contributed by atoms with E-state index in [-0.39, 0.29) is 11.4 Å². The fourth-order valence-corrected chi connectivity index (χ4v) is 4.24. The number of imidazole rings is 1. The van der Waals surface area contributed by atoms with Gasteiger partial charge in [-0.3, -0.25) is 4.79 Å². The lowest BCUT2D eigenvalue weighted by Gasteiger charge is -2.08. The predicted molar refractivity (Wildman–Crippen MR) is 115 cm³/mol. The topological polar surface area (TPSA) is 88.7 Å². The predicted octanol–water partition coefficient (Wildman–Crippen LogP) is 3.92. The van der Waals surface area contributed by atoms with Crippen molar-refractivity contribution in [3.05, 3.63) is 71.6 Å². The maximum absolute atomic E-state index is 13.9. The molecule has 1 fully saturated rings. The molecule has 1 aliphatic heterocycles. The first kappa shape index (κ1) is 20.2. The van der Waals surface area contributed by atoms with Gasteiger partial charge in [0.2, 0.25) is 0 Å². The summed E-state index contributed by atoms with van der Waals surface area (Å²) in [6.45, 7) is 1.93. The molecule has 3 N–H and O–H groups in total. The van der Waals surface area contributed by atoms with Crippen LogP contribution in [0.25, 0.3) is 16.9 Å². The molecule has 0 radical (unpaired) electrons. The van der Waals surface area contributed by atoms with Crippen molar-refractivity contribution in [3.8, 4) is 22.8 Å². The van der Waals surface area contributed by atoms with Crippen LogP contribution in [0.4, 0.5) is 8.78 Å². The Morgan fingerprint density at radius 2 is 2.00 bits per heavy atom. The van der Waals surface area contributed by atoms with Gasteiger partial charge >= 0.3 is 0 Å². The zero-order valence-corrected chi connectivity index (χ0v) is 17.3. The Labute approximate surface area is 182 Å². The molecular weight excluding hydrogens is 416 g/mol. The van der Waals surface area contributed by atoms with Crippen molar-refractivity contribution in [2.45, 2.75) is 12.3 Å². The number of carbonyl (C=O) groups is 1. The Kier molecular flexibility index (Phi) is 4.90. The highest BCUT2D eigenvalue weighted by Crippen LogP contribution is 2.33. The lowest BCUT2D eigenvalue weighted by Crippen LogP contribution is -2.15. The average molecular weight is 437 g/mol. The molecule has 1 saturated heterocycles. The van der Waals surface area contributed by atoms with Crippen molar-refractivity contribution >= 4 is 11.6 Å².